The number of hydrogen-bond donors (Lipinski definition) is 1. The van der Waals surface area contributed by atoms with Gasteiger partial charge in [-0.15, -0.1) is 0 Å². The first kappa shape index (κ1) is 14.5. The maximum Gasteiger partial charge on any atom is 0.0920 e. The van der Waals surface area contributed by atoms with Crippen molar-refractivity contribution in [3.8, 4) is 0 Å². The highest BCUT2D eigenvalue weighted by molar-refractivity contribution is 5.29. The van der Waals surface area contributed by atoms with Gasteiger partial charge in [-0.3, -0.25) is 0 Å². The van der Waals surface area contributed by atoms with Crippen LogP contribution in [0.1, 0.15) is 57.1 Å². The Hall–Kier alpha value is -0.860. The molecule has 1 saturated heterocycles. The lowest BCUT2D eigenvalue weighted by Gasteiger charge is -2.38. The van der Waals surface area contributed by atoms with E-state index in [1.807, 2.05) is 0 Å². The van der Waals surface area contributed by atoms with E-state index in [2.05, 4.69) is 49.9 Å². The van der Waals surface area contributed by atoms with E-state index in [-0.39, 0.29) is 0 Å². The first-order valence-corrected chi connectivity index (χ1v) is 7.60. The van der Waals surface area contributed by atoms with Gasteiger partial charge in [-0.1, -0.05) is 45.0 Å². The van der Waals surface area contributed by atoms with Crippen LogP contribution in [0.25, 0.3) is 0 Å². The molecule has 106 valence electrons. The monoisotopic (exact) mass is 261 g/mol. The van der Waals surface area contributed by atoms with Crippen LogP contribution in [0.2, 0.25) is 0 Å². The van der Waals surface area contributed by atoms with Crippen molar-refractivity contribution in [3.05, 3.63) is 35.4 Å². The number of nitrogens with zero attached hydrogens (tertiary/aromatic N) is 1. The minimum Gasteiger partial charge on any atom is -0.385 e. The lowest BCUT2D eigenvalue weighted by molar-refractivity contribution is -0.0257. The second-order valence-corrected chi connectivity index (χ2v) is 6.15. The molecule has 0 bridgehead atoms. The molecule has 19 heavy (non-hydrogen) atoms. The van der Waals surface area contributed by atoms with Crippen molar-refractivity contribution in [1.29, 1.82) is 0 Å². The Bertz CT molecular complexity index is 388. The summed E-state index contributed by atoms with van der Waals surface area (Å²) in [4.78, 5) is 2.46. The van der Waals surface area contributed by atoms with Gasteiger partial charge in [0.1, 0.15) is 0 Å². The highest BCUT2D eigenvalue weighted by atomic mass is 16.3. The summed E-state index contributed by atoms with van der Waals surface area (Å²) in [6, 6.07) is 8.56. The van der Waals surface area contributed by atoms with Gasteiger partial charge in [-0.25, -0.2) is 0 Å². The second kappa shape index (κ2) is 6.06. The number of piperidine rings is 1. The molecule has 0 spiro atoms. The summed E-state index contributed by atoms with van der Waals surface area (Å²) in [5, 5.41) is 10.8. The van der Waals surface area contributed by atoms with E-state index in [1.54, 1.807) is 0 Å². The van der Waals surface area contributed by atoms with Crippen molar-refractivity contribution < 1.29 is 5.11 Å². The third-order valence-electron chi connectivity index (χ3n) is 4.34. The largest absolute Gasteiger partial charge is 0.385 e. The van der Waals surface area contributed by atoms with Gasteiger partial charge in [-0.2, -0.15) is 0 Å². The van der Waals surface area contributed by atoms with Crippen LogP contribution < -0.4 is 0 Å². The molecule has 0 radical (unpaired) electrons. The zero-order valence-corrected chi connectivity index (χ0v) is 12.5. The predicted octanol–water partition coefficient (Wildman–Crippen LogP) is 3.50. The summed E-state index contributed by atoms with van der Waals surface area (Å²) < 4.78 is 0. The lowest BCUT2D eigenvalue weighted by atomic mass is 9.83. The normalized spacial score (nSPS) is 19.8. The van der Waals surface area contributed by atoms with E-state index < -0.39 is 5.60 Å². The topological polar surface area (TPSA) is 23.5 Å². The molecule has 0 amide bonds. The van der Waals surface area contributed by atoms with E-state index >= 15 is 0 Å². The van der Waals surface area contributed by atoms with Gasteiger partial charge < -0.3 is 10.0 Å². The van der Waals surface area contributed by atoms with Crippen molar-refractivity contribution in [2.45, 2.75) is 51.6 Å². The fourth-order valence-corrected chi connectivity index (χ4v) is 2.93. The van der Waals surface area contributed by atoms with Crippen LogP contribution in [0.15, 0.2) is 24.3 Å². The molecule has 1 aliphatic rings. The van der Waals surface area contributed by atoms with Gasteiger partial charge >= 0.3 is 0 Å². The van der Waals surface area contributed by atoms with E-state index in [0.29, 0.717) is 5.92 Å². The maximum atomic E-state index is 10.8. The van der Waals surface area contributed by atoms with E-state index in [0.717, 1.165) is 38.0 Å². The van der Waals surface area contributed by atoms with Gasteiger partial charge in [-0.05, 0) is 42.9 Å². The van der Waals surface area contributed by atoms with Gasteiger partial charge in [0, 0.05) is 13.1 Å². The minimum atomic E-state index is -0.611. The summed E-state index contributed by atoms with van der Waals surface area (Å²) >= 11 is 0. The minimum absolute atomic E-state index is 0.551. The Morgan fingerprint density at radius 2 is 1.74 bits per heavy atom. The van der Waals surface area contributed by atoms with Crippen LogP contribution in [0.5, 0.6) is 0 Å². The van der Waals surface area contributed by atoms with Gasteiger partial charge in [0.15, 0.2) is 0 Å². The second-order valence-electron chi connectivity index (χ2n) is 6.15. The SMILES string of the molecule is CCCN1CCC(O)(c2ccc(C(C)C)cc2)CC1. The first-order valence-electron chi connectivity index (χ1n) is 7.60. The van der Waals surface area contributed by atoms with E-state index in [4.69, 9.17) is 0 Å². The first-order chi connectivity index (χ1) is 9.05. The van der Waals surface area contributed by atoms with Gasteiger partial charge in [0.05, 0.1) is 5.60 Å². The number of benzene rings is 1. The van der Waals surface area contributed by atoms with Crippen LogP contribution >= 0.6 is 0 Å². The Balaban J connectivity index is 2.05. The van der Waals surface area contributed by atoms with E-state index in [9.17, 15) is 5.11 Å². The Kier molecular flexibility index (Phi) is 4.64. The lowest BCUT2D eigenvalue weighted by Crippen LogP contribution is -2.42. The average molecular weight is 261 g/mol. The fraction of sp³-hybridized carbons (Fsp3) is 0.647. The molecule has 1 fully saturated rings. The van der Waals surface area contributed by atoms with Crippen LogP contribution in [0.3, 0.4) is 0 Å². The number of rotatable bonds is 4. The molecule has 0 saturated carbocycles. The Morgan fingerprint density at radius 1 is 1.16 bits per heavy atom. The van der Waals surface area contributed by atoms with Crippen LogP contribution in [0.4, 0.5) is 0 Å². The zero-order chi connectivity index (χ0) is 13.9. The summed E-state index contributed by atoms with van der Waals surface area (Å²) in [6.07, 6.45) is 2.91. The highest BCUT2D eigenvalue weighted by Gasteiger charge is 2.33. The third-order valence-corrected chi connectivity index (χ3v) is 4.34. The molecule has 0 unspecified atom stereocenters. The molecule has 1 N–H and O–H groups in total. The molecule has 0 atom stereocenters. The van der Waals surface area contributed by atoms with Crippen LogP contribution in [-0.4, -0.2) is 29.6 Å². The molecular formula is C17H27NO. The number of likely N-dealkylation sites (tertiary alicyclic amines) is 1. The quantitative estimate of drug-likeness (QED) is 0.896. The zero-order valence-electron chi connectivity index (χ0n) is 12.5. The molecule has 2 rings (SSSR count). The summed E-state index contributed by atoms with van der Waals surface area (Å²) in [5.41, 5.74) is 1.82. The van der Waals surface area contributed by atoms with Crippen molar-refractivity contribution >= 4 is 0 Å². The smallest absolute Gasteiger partial charge is 0.0920 e. The molecule has 2 nitrogen and oxygen atoms in total. The number of hydrogen-bond acceptors (Lipinski definition) is 2. The van der Waals surface area contributed by atoms with E-state index in [1.165, 1.54) is 12.0 Å². The molecule has 1 heterocycles. The molecule has 0 aromatic heterocycles. The highest BCUT2D eigenvalue weighted by Crippen LogP contribution is 2.33. The summed E-state index contributed by atoms with van der Waals surface area (Å²) in [6.45, 7) is 9.79. The maximum absolute atomic E-state index is 10.8. The molecule has 2 heteroatoms. The summed E-state index contributed by atoms with van der Waals surface area (Å²) in [7, 11) is 0. The predicted molar refractivity (Wildman–Crippen MR) is 80.4 cm³/mol. The van der Waals surface area contributed by atoms with Gasteiger partial charge in [0.2, 0.25) is 0 Å². The van der Waals surface area contributed by atoms with Crippen molar-refractivity contribution in [2.24, 2.45) is 0 Å². The standard InChI is InChI=1S/C17H27NO/c1-4-11-18-12-9-17(19,10-13-18)16-7-5-15(6-8-16)14(2)3/h5-8,14,19H,4,9-13H2,1-3H3. The fourth-order valence-electron chi connectivity index (χ4n) is 2.93. The third kappa shape index (κ3) is 3.37. The molecule has 1 aromatic rings. The molecule has 0 aliphatic carbocycles. The Labute approximate surface area is 117 Å². The summed E-state index contributed by atoms with van der Waals surface area (Å²) in [5.74, 6) is 0.551. The van der Waals surface area contributed by atoms with Crippen molar-refractivity contribution in [2.75, 3.05) is 19.6 Å². The average Bonchev–Trinajstić information content (AvgIpc) is 2.42. The molecule has 1 aliphatic heterocycles. The van der Waals surface area contributed by atoms with Gasteiger partial charge in [0.25, 0.3) is 0 Å². The van der Waals surface area contributed by atoms with Crippen molar-refractivity contribution in [1.82, 2.24) is 4.90 Å². The number of aliphatic hydroxyl groups is 1. The van der Waals surface area contributed by atoms with Crippen LogP contribution in [0, 0.1) is 0 Å². The Morgan fingerprint density at radius 3 is 2.21 bits per heavy atom. The molecule has 1 aromatic carbocycles. The van der Waals surface area contributed by atoms with Crippen LogP contribution in [-0.2, 0) is 5.60 Å². The van der Waals surface area contributed by atoms with Crippen molar-refractivity contribution in [3.63, 3.8) is 0 Å². The molecular weight excluding hydrogens is 234 g/mol.